The molecule has 4 fully saturated rings. The largest absolute Gasteiger partial charge is 0.465 e. The van der Waals surface area contributed by atoms with E-state index >= 15 is 0 Å². The van der Waals surface area contributed by atoms with Crippen molar-refractivity contribution in [3.8, 4) is 0 Å². The van der Waals surface area contributed by atoms with E-state index in [4.69, 9.17) is 10.5 Å². The molecule has 218 valence electrons. The smallest absolute Gasteiger partial charge is 0.337 e. The van der Waals surface area contributed by atoms with Gasteiger partial charge in [-0.05, 0) is 133 Å². The Morgan fingerprint density at radius 1 is 0.850 bits per heavy atom. The average molecular weight is 546 g/mol. The summed E-state index contributed by atoms with van der Waals surface area (Å²) in [6.45, 7) is 14.6. The Kier molecular flexibility index (Phi) is 6.36. The first-order valence-corrected chi connectivity index (χ1v) is 15.9. The maximum Gasteiger partial charge on any atom is 0.337 e. The molecule has 0 aliphatic heterocycles. The zero-order valence-electron chi connectivity index (χ0n) is 25.9. The summed E-state index contributed by atoms with van der Waals surface area (Å²) < 4.78 is 4.92. The van der Waals surface area contributed by atoms with Crippen LogP contribution in [0.1, 0.15) is 115 Å². The predicted octanol–water partition coefficient (Wildman–Crippen LogP) is 7.85. The lowest BCUT2D eigenvalue weighted by Gasteiger charge is -2.72. The second-order valence-corrected chi connectivity index (χ2v) is 15.8. The van der Waals surface area contributed by atoms with Crippen LogP contribution in [0.3, 0.4) is 0 Å². The van der Waals surface area contributed by atoms with Crippen LogP contribution < -0.4 is 5.73 Å². The van der Waals surface area contributed by atoms with E-state index < -0.39 is 0 Å². The summed E-state index contributed by atoms with van der Waals surface area (Å²) in [5.41, 5.74) is 11.1. The number of carbonyl (C=O) groups is 2. The van der Waals surface area contributed by atoms with Crippen LogP contribution >= 0.6 is 0 Å². The molecule has 1 unspecified atom stereocenters. The normalized spacial score (nSPS) is 45.3. The summed E-state index contributed by atoms with van der Waals surface area (Å²) in [5.74, 6) is 2.43. The SMILES string of the molecule is COC(=O)c1ccc(C2=CC[C@]3(C)[C@H]4CCC5[C@H]6[C@H](C(C)=O)CC[C@]6(N)CC[C@@]5(C)[C@]4(C)CC[C@H]3C2(C)C)cc1. The topological polar surface area (TPSA) is 69.4 Å². The van der Waals surface area contributed by atoms with Gasteiger partial charge in [-0.2, -0.15) is 0 Å². The standard InChI is InChI=1S/C36H51NO3/c1-22(38)25-14-19-36(37)21-20-34(5)27(30(25)36)12-13-29-33(4)17-15-26(23-8-10-24(11-9-23)31(39)40-7)32(2,3)28(33)16-18-35(29,34)6/h8-11,15,25,27-30H,12-14,16-21,37H2,1-7H3/t25-,27?,28-,29+,30+,33-,34+,35+,36-/m0/s1. The molecule has 5 aliphatic carbocycles. The van der Waals surface area contributed by atoms with Gasteiger partial charge < -0.3 is 10.5 Å². The van der Waals surface area contributed by atoms with Gasteiger partial charge in [0.25, 0.3) is 0 Å². The molecule has 1 aromatic carbocycles. The van der Waals surface area contributed by atoms with Crippen LogP contribution in [0.4, 0.5) is 0 Å². The van der Waals surface area contributed by atoms with Gasteiger partial charge in [-0.1, -0.05) is 52.8 Å². The summed E-state index contributed by atoms with van der Waals surface area (Å²) in [7, 11) is 1.43. The Morgan fingerprint density at radius 2 is 1.55 bits per heavy atom. The molecule has 40 heavy (non-hydrogen) atoms. The molecule has 4 heteroatoms. The fourth-order valence-corrected chi connectivity index (χ4v) is 12.1. The Bertz CT molecular complexity index is 1250. The Morgan fingerprint density at radius 3 is 2.20 bits per heavy atom. The minimum atomic E-state index is -0.284. The van der Waals surface area contributed by atoms with Crippen LogP contribution in [0.5, 0.6) is 0 Å². The van der Waals surface area contributed by atoms with Crippen LogP contribution in [0.2, 0.25) is 0 Å². The first kappa shape index (κ1) is 28.2. The molecule has 5 aliphatic rings. The first-order valence-electron chi connectivity index (χ1n) is 15.9. The summed E-state index contributed by atoms with van der Waals surface area (Å²) in [6.07, 6.45) is 12.9. The van der Waals surface area contributed by atoms with Crippen molar-refractivity contribution in [3.05, 3.63) is 41.5 Å². The molecule has 9 atom stereocenters. The number of ether oxygens (including phenoxy) is 1. The lowest BCUT2D eigenvalue weighted by molar-refractivity contribution is -0.218. The summed E-state index contributed by atoms with van der Waals surface area (Å²) in [4.78, 5) is 24.8. The number of Topliss-reactive ketones (excluding diaryl/α,β-unsaturated/α-hetero) is 1. The minimum absolute atomic E-state index is 0.0447. The van der Waals surface area contributed by atoms with Crippen molar-refractivity contribution in [2.75, 3.05) is 7.11 Å². The van der Waals surface area contributed by atoms with Gasteiger partial charge in [0, 0.05) is 11.5 Å². The minimum Gasteiger partial charge on any atom is -0.465 e. The molecule has 0 bridgehead atoms. The van der Waals surface area contributed by atoms with Crippen LogP contribution in [-0.4, -0.2) is 24.4 Å². The van der Waals surface area contributed by atoms with Crippen LogP contribution in [0, 0.1) is 51.2 Å². The number of carbonyl (C=O) groups excluding carboxylic acids is 2. The molecule has 1 aromatic rings. The van der Waals surface area contributed by atoms with Crippen molar-refractivity contribution < 1.29 is 14.3 Å². The van der Waals surface area contributed by atoms with E-state index in [9.17, 15) is 9.59 Å². The third kappa shape index (κ3) is 3.59. The van der Waals surface area contributed by atoms with Gasteiger partial charge in [0.2, 0.25) is 0 Å². The van der Waals surface area contributed by atoms with E-state index in [1.807, 2.05) is 19.1 Å². The van der Waals surface area contributed by atoms with E-state index in [2.05, 4.69) is 52.8 Å². The van der Waals surface area contributed by atoms with Crippen molar-refractivity contribution in [1.82, 2.24) is 0 Å². The average Bonchev–Trinajstić information content (AvgIpc) is 3.26. The molecule has 0 saturated heterocycles. The van der Waals surface area contributed by atoms with Gasteiger partial charge in [0.1, 0.15) is 5.78 Å². The summed E-state index contributed by atoms with van der Waals surface area (Å²) >= 11 is 0. The van der Waals surface area contributed by atoms with E-state index in [0.29, 0.717) is 35.0 Å². The van der Waals surface area contributed by atoms with Crippen molar-refractivity contribution in [2.45, 2.75) is 105 Å². The second-order valence-electron chi connectivity index (χ2n) is 15.8. The Labute approximate surface area is 241 Å². The van der Waals surface area contributed by atoms with Gasteiger partial charge in [-0.3, -0.25) is 4.79 Å². The fraction of sp³-hybridized carbons (Fsp3) is 0.722. The van der Waals surface area contributed by atoms with Crippen LogP contribution in [-0.2, 0) is 9.53 Å². The highest BCUT2D eigenvalue weighted by atomic mass is 16.5. The molecule has 6 rings (SSSR count). The lowest BCUT2D eigenvalue weighted by Crippen LogP contribution is -2.67. The molecule has 4 nitrogen and oxygen atoms in total. The number of rotatable bonds is 3. The maximum atomic E-state index is 12.8. The number of benzene rings is 1. The van der Waals surface area contributed by atoms with E-state index in [0.717, 1.165) is 25.7 Å². The quantitative estimate of drug-likeness (QED) is 0.393. The predicted molar refractivity (Wildman–Crippen MR) is 160 cm³/mol. The van der Waals surface area contributed by atoms with Crippen molar-refractivity contribution in [3.63, 3.8) is 0 Å². The fourth-order valence-electron chi connectivity index (χ4n) is 12.1. The molecule has 4 saturated carbocycles. The van der Waals surface area contributed by atoms with Gasteiger partial charge in [0.15, 0.2) is 0 Å². The van der Waals surface area contributed by atoms with E-state index in [1.165, 1.54) is 50.4 Å². The number of esters is 1. The summed E-state index contributed by atoms with van der Waals surface area (Å²) in [5, 5.41) is 0. The van der Waals surface area contributed by atoms with Crippen molar-refractivity contribution >= 4 is 17.3 Å². The van der Waals surface area contributed by atoms with Gasteiger partial charge in [-0.25, -0.2) is 4.79 Å². The highest BCUT2D eigenvalue weighted by molar-refractivity contribution is 5.90. The molecular weight excluding hydrogens is 494 g/mol. The highest BCUT2D eigenvalue weighted by Crippen LogP contribution is 2.76. The zero-order chi connectivity index (χ0) is 28.9. The number of hydrogen-bond donors (Lipinski definition) is 1. The molecule has 0 aromatic heterocycles. The van der Waals surface area contributed by atoms with E-state index in [-0.39, 0.29) is 39.1 Å². The maximum absolute atomic E-state index is 12.8. The number of allylic oxidation sites excluding steroid dienone is 2. The first-order chi connectivity index (χ1) is 18.7. The number of hydrogen-bond acceptors (Lipinski definition) is 4. The third-order valence-corrected chi connectivity index (χ3v) is 14.2. The third-order valence-electron chi connectivity index (χ3n) is 14.2. The number of methoxy groups -OCH3 is 1. The molecule has 0 spiro atoms. The zero-order valence-corrected chi connectivity index (χ0v) is 25.9. The van der Waals surface area contributed by atoms with Crippen molar-refractivity contribution in [1.29, 1.82) is 0 Å². The summed E-state index contributed by atoms with van der Waals surface area (Å²) in [6, 6.07) is 8.03. The highest BCUT2D eigenvalue weighted by Gasteiger charge is 2.70. The molecule has 2 N–H and O–H groups in total. The molecule has 0 heterocycles. The van der Waals surface area contributed by atoms with Gasteiger partial charge in [0.05, 0.1) is 12.7 Å². The van der Waals surface area contributed by atoms with Gasteiger partial charge in [-0.15, -0.1) is 0 Å². The second kappa shape index (κ2) is 9.03. The van der Waals surface area contributed by atoms with Crippen molar-refractivity contribution in [2.24, 2.45) is 57.0 Å². The lowest BCUT2D eigenvalue weighted by atomic mass is 9.33. The molecule has 0 amide bonds. The van der Waals surface area contributed by atoms with E-state index in [1.54, 1.807) is 0 Å². The number of nitrogens with two attached hydrogens (primary N) is 1. The Hall–Kier alpha value is -1.94. The monoisotopic (exact) mass is 545 g/mol. The number of fused-ring (bicyclic) bond motifs is 7. The molecule has 0 radical (unpaired) electrons. The van der Waals surface area contributed by atoms with Gasteiger partial charge >= 0.3 is 5.97 Å². The Balaban J connectivity index is 1.34. The number of ketones is 1. The van der Waals surface area contributed by atoms with Crippen LogP contribution in [0.15, 0.2) is 30.3 Å². The van der Waals surface area contributed by atoms with Crippen LogP contribution in [0.25, 0.3) is 5.57 Å². The molecular formula is C36H51NO3.